The van der Waals surface area contributed by atoms with Crippen LogP contribution in [0.3, 0.4) is 0 Å². The molecule has 348 valence electrons. The first-order chi connectivity index (χ1) is 29.4. The van der Waals surface area contributed by atoms with Gasteiger partial charge in [-0.3, -0.25) is 0 Å². The van der Waals surface area contributed by atoms with Gasteiger partial charge in [-0.1, -0.05) is 85.1 Å². The van der Waals surface area contributed by atoms with Crippen molar-refractivity contribution in [2.24, 2.45) is 0 Å². The topological polar surface area (TPSA) is 44.2 Å². The first-order valence-electron chi connectivity index (χ1n) is 17.7. The van der Waals surface area contributed by atoms with Gasteiger partial charge in [-0.15, -0.1) is 11.3 Å². The molecule has 5 aromatic rings. The number of ether oxygens (including phenoxy) is 2. The van der Waals surface area contributed by atoms with E-state index in [1.807, 2.05) is 0 Å². The fraction of sp³-hybridized carbons (Fsp3) is 0.333. The molecule has 0 N–H and O–H groups in total. The molecule has 0 saturated heterocycles. The molecule has 0 unspecified atom stereocenters. The highest BCUT2D eigenvalue weighted by Gasteiger charge is 2.86. The zero-order valence-corrected chi connectivity index (χ0v) is 34.2. The van der Waals surface area contributed by atoms with Crippen LogP contribution in [0.2, 0.25) is 0 Å². The second-order valence-corrected chi connectivity index (χ2v) is 16.2. The van der Waals surface area contributed by atoms with Crippen molar-refractivity contribution >= 4 is 55.7 Å². The number of fused-ring (bicyclic) bond motifs is 1. The van der Waals surface area contributed by atoms with Crippen molar-refractivity contribution in [3.63, 3.8) is 0 Å². The van der Waals surface area contributed by atoms with Gasteiger partial charge in [-0.25, -0.2) is 0 Å². The zero-order chi connectivity index (χ0) is 47.9. The maximum absolute atomic E-state index is 13.2. The lowest BCUT2D eigenvalue weighted by Crippen LogP contribution is -2.67. The lowest BCUT2D eigenvalue weighted by Gasteiger charge is -2.38. The number of halogens is 18. The van der Waals surface area contributed by atoms with Gasteiger partial charge in [-0.05, 0) is 54.2 Å². The Labute approximate surface area is 361 Å². The number of rotatable bonds is 14. The number of benzene rings is 3. The van der Waals surface area contributed by atoms with Crippen LogP contribution in [0.5, 0.6) is 0 Å². The third kappa shape index (κ3) is 9.77. The first-order valence-corrected chi connectivity index (χ1v) is 20.0. The van der Waals surface area contributed by atoms with E-state index in [0.717, 1.165) is 11.7 Å². The van der Waals surface area contributed by atoms with Gasteiger partial charge in [0.1, 0.15) is 11.0 Å². The van der Waals surface area contributed by atoms with Crippen LogP contribution in [-0.2, 0) is 22.3 Å². The average molecular weight is 993 g/mol. The number of aromatic nitrogens is 2. The van der Waals surface area contributed by atoms with E-state index in [9.17, 15) is 79.0 Å². The Kier molecular flexibility index (Phi) is 14.4. The summed E-state index contributed by atoms with van der Waals surface area (Å²) in [7, 11) is 0. The number of thiophene rings is 1. The van der Waals surface area contributed by atoms with Crippen LogP contribution >= 0.6 is 34.8 Å². The molecule has 2 heterocycles. The molecule has 0 saturated carbocycles. The highest BCUT2D eigenvalue weighted by Crippen LogP contribution is 2.56. The number of thioether (sulfide) groups is 1. The predicted octanol–water partition coefficient (Wildman–Crippen LogP) is 14.8. The summed E-state index contributed by atoms with van der Waals surface area (Å²) in [5, 5.41) is 0. The summed E-state index contributed by atoms with van der Waals surface area (Å²) < 4.78 is 253. The molecule has 0 radical (unpaired) electrons. The van der Waals surface area contributed by atoms with Gasteiger partial charge in [0, 0.05) is 30.7 Å². The van der Waals surface area contributed by atoms with Crippen molar-refractivity contribution in [3.8, 4) is 20.9 Å². The minimum absolute atomic E-state index is 0.0764. The second kappa shape index (κ2) is 18.2. The lowest BCUT2D eigenvalue weighted by molar-refractivity contribution is -0.458. The van der Waals surface area contributed by atoms with Crippen LogP contribution in [0.4, 0.5) is 79.0 Å². The Morgan fingerprint density at radius 1 is 0.562 bits per heavy atom. The van der Waals surface area contributed by atoms with Gasteiger partial charge in [-0.2, -0.15) is 87.8 Å². The van der Waals surface area contributed by atoms with Gasteiger partial charge in [0.2, 0.25) is 0 Å². The van der Waals surface area contributed by atoms with Crippen molar-refractivity contribution in [1.29, 1.82) is 0 Å². The standard InChI is InChI=1S/C39H26F18N2O2S3/c1-3-27(23-8-4-21(5-9-23)16-18-60-32(34(40,41)42,35(43,44)45)36(46,47)48)62-20(2)25-12-13-26(31-30(25)58-64-59-31)29-15-14-28(63-29)24-10-6-22(7-11-24)17-19-61-33(37(49,50)51,38(52,53)54)39(55,56)57/h3-15H,2,16-19H2,1H3/b27-3-. The van der Waals surface area contributed by atoms with Gasteiger partial charge < -0.3 is 9.47 Å². The fourth-order valence-electron chi connectivity index (χ4n) is 6.17. The molecule has 4 nitrogen and oxygen atoms in total. The van der Waals surface area contributed by atoms with Crippen molar-refractivity contribution in [1.82, 2.24) is 8.75 Å². The SMILES string of the molecule is C=C(S/C(=C\C)c1ccc(CCOC(C(F)(F)F)(C(F)(F)F)C(F)(F)F)cc1)c1ccc(-c2ccc(-c3ccc(CCOC(C(F)(F)F)(C(F)(F)F)C(F)(F)F)cc3)s2)c2nsnc12. The summed E-state index contributed by atoms with van der Waals surface area (Å²) in [6, 6.07) is 18.0. The summed E-state index contributed by atoms with van der Waals surface area (Å²) in [6.45, 7) is 2.68. The summed E-state index contributed by atoms with van der Waals surface area (Å²) in [5.41, 5.74) is -9.40. The second-order valence-electron chi connectivity index (χ2n) is 13.4. The van der Waals surface area contributed by atoms with E-state index in [2.05, 4.69) is 24.8 Å². The van der Waals surface area contributed by atoms with Gasteiger partial charge in [0.15, 0.2) is 0 Å². The smallest absolute Gasteiger partial charge is 0.351 e. The summed E-state index contributed by atoms with van der Waals surface area (Å²) in [4.78, 5) is 2.39. The van der Waals surface area contributed by atoms with E-state index < -0.39 is 74.3 Å². The molecule has 0 amide bonds. The Hall–Kier alpha value is -4.33. The van der Waals surface area contributed by atoms with E-state index >= 15 is 0 Å². The summed E-state index contributed by atoms with van der Waals surface area (Å²) >= 11 is 3.33. The van der Waals surface area contributed by atoms with Gasteiger partial charge in [0.05, 0.1) is 24.9 Å². The zero-order valence-electron chi connectivity index (χ0n) is 31.8. The third-order valence-electron chi connectivity index (χ3n) is 9.37. The number of hydrogen-bond acceptors (Lipinski definition) is 7. The van der Waals surface area contributed by atoms with Crippen molar-refractivity contribution < 1.29 is 88.5 Å². The highest BCUT2D eigenvalue weighted by atomic mass is 32.2. The van der Waals surface area contributed by atoms with E-state index in [1.165, 1.54) is 71.6 Å². The van der Waals surface area contributed by atoms with Crippen LogP contribution in [0.15, 0.2) is 85.5 Å². The minimum Gasteiger partial charge on any atom is -0.351 e. The Morgan fingerprint density at radius 3 is 1.42 bits per heavy atom. The molecule has 5 rings (SSSR count). The number of hydrogen-bond donors (Lipinski definition) is 0. The van der Waals surface area contributed by atoms with E-state index in [4.69, 9.17) is 0 Å². The number of alkyl halides is 18. The molecule has 25 heteroatoms. The predicted molar refractivity (Wildman–Crippen MR) is 204 cm³/mol. The molecule has 3 aromatic carbocycles. The molecule has 0 aliphatic heterocycles. The Balaban J connectivity index is 1.25. The molecule has 0 fully saturated rings. The van der Waals surface area contributed by atoms with E-state index in [1.54, 1.807) is 37.3 Å². The molecule has 2 aromatic heterocycles. The monoisotopic (exact) mass is 992 g/mol. The molecular weight excluding hydrogens is 967 g/mol. The van der Waals surface area contributed by atoms with Crippen LogP contribution in [-0.4, -0.2) is 70.2 Å². The largest absolute Gasteiger partial charge is 0.435 e. The van der Waals surface area contributed by atoms with Crippen molar-refractivity contribution in [2.45, 2.75) is 68.0 Å². The third-order valence-corrected chi connectivity index (χ3v) is 12.2. The van der Waals surface area contributed by atoms with E-state index in [-0.39, 0.29) is 11.1 Å². The van der Waals surface area contributed by atoms with Crippen molar-refractivity contribution in [3.05, 3.63) is 108 Å². The molecular formula is C39H26F18N2O2S3. The number of allylic oxidation sites excluding steroid dienone is 1. The van der Waals surface area contributed by atoms with Crippen LogP contribution in [0.25, 0.3) is 41.7 Å². The molecule has 0 aliphatic carbocycles. The van der Waals surface area contributed by atoms with Crippen LogP contribution in [0, 0.1) is 0 Å². The molecule has 0 aliphatic rings. The molecule has 64 heavy (non-hydrogen) atoms. The minimum atomic E-state index is -6.85. The Morgan fingerprint density at radius 2 is 0.984 bits per heavy atom. The van der Waals surface area contributed by atoms with Crippen LogP contribution < -0.4 is 0 Å². The first kappa shape index (κ1) is 50.7. The maximum atomic E-state index is 13.2. The lowest BCUT2D eigenvalue weighted by atomic mass is 10.0. The highest BCUT2D eigenvalue weighted by molar-refractivity contribution is 8.16. The van der Waals surface area contributed by atoms with Gasteiger partial charge in [0.25, 0.3) is 0 Å². The summed E-state index contributed by atoms with van der Waals surface area (Å²) in [5.74, 6) is 0. The van der Waals surface area contributed by atoms with Crippen LogP contribution in [0.1, 0.15) is 29.2 Å². The summed E-state index contributed by atoms with van der Waals surface area (Å²) in [6.07, 6.45) is -40.8. The maximum Gasteiger partial charge on any atom is 0.435 e. The molecule has 0 atom stereocenters. The van der Waals surface area contributed by atoms with E-state index in [0.29, 0.717) is 52.9 Å². The molecule has 0 spiro atoms. The van der Waals surface area contributed by atoms with Gasteiger partial charge >= 0.3 is 48.3 Å². The average Bonchev–Trinajstić information content (AvgIpc) is 3.85. The number of nitrogens with zero attached hydrogens (tertiary/aromatic N) is 2. The van der Waals surface area contributed by atoms with Crippen molar-refractivity contribution in [2.75, 3.05) is 13.2 Å². The fourth-order valence-corrected chi connectivity index (χ4v) is 8.69. The quantitative estimate of drug-likeness (QED) is 0.104. The molecule has 0 bridgehead atoms. The Bertz CT molecular complexity index is 2370. The normalized spacial score (nSPS) is 14.1.